The zero-order valence-electron chi connectivity index (χ0n) is 11.2. The summed E-state index contributed by atoms with van der Waals surface area (Å²) < 4.78 is 43.9. The Morgan fingerprint density at radius 2 is 2.20 bits per heavy atom. The van der Waals surface area contributed by atoms with Crippen LogP contribution in [0.1, 0.15) is 12.8 Å². The first-order valence-corrected chi connectivity index (χ1v) is 9.03. The summed E-state index contributed by atoms with van der Waals surface area (Å²) in [6.45, 7) is 1.43. The lowest BCUT2D eigenvalue weighted by Gasteiger charge is -2.30. The van der Waals surface area contributed by atoms with Crippen LogP contribution >= 0.6 is 15.9 Å². The predicted molar refractivity (Wildman–Crippen MR) is 78.7 cm³/mol. The van der Waals surface area contributed by atoms with Crippen LogP contribution in [0, 0.1) is 11.7 Å². The van der Waals surface area contributed by atoms with Gasteiger partial charge in [-0.2, -0.15) is 0 Å². The molecule has 0 radical (unpaired) electrons. The Labute approximate surface area is 127 Å². The van der Waals surface area contributed by atoms with Gasteiger partial charge in [-0.15, -0.1) is 0 Å². The normalized spacial score (nSPS) is 20.9. The molecule has 0 aromatic heterocycles. The maximum atomic E-state index is 13.2. The minimum Gasteiger partial charge on any atom is -0.493 e. The van der Waals surface area contributed by atoms with E-state index >= 15 is 0 Å². The maximum Gasteiger partial charge on any atom is 0.211 e. The van der Waals surface area contributed by atoms with Crippen molar-refractivity contribution in [1.82, 2.24) is 4.31 Å². The summed E-state index contributed by atoms with van der Waals surface area (Å²) in [7, 11) is -3.14. The Hall–Kier alpha value is -0.660. The number of rotatable bonds is 4. The van der Waals surface area contributed by atoms with Crippen LogP contribution in [0.2, 0.25) is 0 Å². The van der Waals surface area contributed by atoms with Crippen molar-refractivity contribution in [3.05, 3.63) is 28.5 Å². The third kappa shape index (κ3) is 4.43. The molecule has 112 valence electrons. The Morgan fingerprint density at radius 3 is 2.85 bits per heavy atom. The van der Waals surface area contributed by atoms with Crippen LogP contribution in [0.5, 0.6) is 5.75 Å². The van der Waals surface area contributed by atoms with Gasteiger partial charge >= 0.3 is 0 Å². The minimum atomic E-state index is -3.14. The fraction of sp³-hybridized carbons (Fsp3) is 0.538. The molecular weight excluding hydrogens is 349 g/mol. The summed E-state index contributed by atoms with van der Waals surface area (Å²) >= 11 is 3.21. The quantitative estimate of drug-likeness (QED) is 0.823. The molecule has 1 unspecified atom stereocenters. The first kappa shape index (κ1) is 15.7. The summed E-state index contributed by atoms with van der Waals surface area (Å²) in [6, 6.07) is 4.38. The Bertz CT molecular complexity index is 559. The van der Waals surface area contributed by atoms with E-state index in [4.69, 9.17) is 4.74 Å². The highest BCUT2D eigenvalue weighted by molar-refractivity contribution is 9.10. The van der Waals surface area contributed by atoms with Gasteiger partial charge in [0.15, 0.2) is 0 Å². The highest BCUT2D eigenvalue weighted by Crippen LogP contribution is 2.23. The summed E-state index contributed by atoms with van der Waals surface area (Å²) in [5, 5.41) is 0. The number of hydrogen-bond acceptors (Lipinski definition) is 3. The minimum absolute atomic E-state index is 0.139. The van der Waals surface area contributed by atoms with Crippen LogP contribution in [-0.4, -0.2) is 38.7 Å². The van der Waals surface area contributed by atoms with Crippen molar-refractivity contribution >= 4 is 26.0 Å². The van der Waals surface area contributed by atoms with Crippen LogP contribution < -0.4 is 4.74 Å². The van der Waals surface area contributed by atoms with Crippen molar-refractivity contribution in [3.8, 4) is 5.75 Å². The molecule has 0 amide bonds. The number of hydrogen-bond donors (Lipinski definition) is 0. The number of halogens is 2. The topological polar surface area (TPSA) is 46.6 Å². The fourth-order valence-electron chi connectivity index (χ4n) is 2.29. The maximum absolute atomic E-state index is 13.2. The molecule has 2 rings (SSSR count). The van der Waals surface area contributed by atoms with Crippen molar-refractivity contribution in [2.75, 3.05) is 26.0 Å². The van der Waals surface area contributed by atoms with Gasteiger partial charge in [0.2, 0.25) is 10.0 Å². The third-order valence-corrected chi connectivity index (χ3v) is 5.00. The van der Waals surface area contributed by atoms with E-state index in [-0.39, 0.29) is 11.7 Å². The van der Waals surface area contributed by atoms with E-state index in [1.54, 1.807) is 6.07 Å². The van der Waals surface area contributed by atoms with Crippen LogP contribution in [0.3, 0.4) is 0 Å². The van der Waals surface area contributed by atoms with Gasteiger partial charge in [-0.1, -0.05) is 15.9 Å². The molecule has 1 aliphatic heterocycles. The second-order valence-electron chi connectivity index (χ2n) is 5.05. The second kappa shape index (κ2) is 6.41. The van der Waals surface area contributed by atoms with Crippen molar-refractivity contribution in [3.63, 3.8) is 0 Å². The lowest BCUT2D eigenvalue weighted by Crippen LogP contribution is -2.40. The molecule has 0 bridgehead atoms. The number of benzene rings is 1. The van der Waals surface area contributed by atoms with E-state index in [1.807, 2.05) is 0 Å². The SMILES string of the molecule is CS(=O)(=O)N1CCCC(COc2cc(F)cc(Br)c2)C1. The van der Waals surface area contributed by atoms with Crippen LogP contribution in [0.4, 0.5) is 4.39 Å². The lowest BCUT2D eigenvalue weighted by atomic mass is 10.0. The van der Waals surface area contributed by atoms with Crippen LogP contribution in [0.15, 0.2) is 22.7 Å². The molecule has 1 heterocycles. The molecule has 1 aromatic carbocycles. The van der Waals surface area contributed by atoms with Gasteiger partial charge in [0, 0.05) is 29.5 Å². The average molecular weight is 366 g/mol. The van der Waals surface area contributed by atoms with Crippen molar-refractivity contribution in [1.29, 1.82) is 0 Å². The Kier molecular flexibility index (Phi) is 5.04. The molecule has 0 N–H and O–H groups in total. The van der Waals surface area contributed by atoms with Gasteiger partial charge in [-0.05, 0) is 25.0 Å². The molecule has 7 heteroatoms. The molecule has 1 fully saturated rings. The van der Waals surface area contributed by atoms with E-state index in [0.29, 0.717) is 29.9 Å². The predicted octanol–water partition coefficient (Wildman–Crippen LogP) is 2.64. The zero-order valence-corrected chi connectivity index (χ0v) is 13.6. The van der Waals surface area contributed by atoms with Gasteiger partial charge < -0.3 is 4.74 Å². The first-order valence-electron chi connectivity index (χ1n) is 6.38. The van der Waals surface area contributed by atoms with E-state index in [2.05, 4.69) is 15.9 Å². The smallest absolute Gasteiger partial charge is 0.211 e. The number of nitrogens with zero attached hydrogens (tertiary/aromatic N) is 1. The van der Waals surface area contributed by atoms with Gasteiger partial charge in [-0.3, -0.25) is 0 Å². The summed E-state index contributed by atoms with van der Waals surface area (Å²) in [6.07, 6.45) is 2.97. The molecule has 1 aromatic rings. The summed E-state index contributed by atoms with van der Waals surface area (Å²) in [5.74, 6) is 0.227. The largest absolute Gasteiger partial charge is 0.493 e. The Morgan fingerprint density at radius 1 is 1.45 bits per heavy atom. The highest BCUT2D eigenvalue weighted by Gasteiger charge is 2.26. The number of ether oxygens (including phenoxy) is 1. The zero-order chi connectivity index (χ0) is 14.8. The van der Waals surface area contributed by atoms with Gasteiger partial charge in [0.25, 0.3) is 0 Å². The lowest BCUT2D eigenvalue weighted by molar-refractivity contribution is 0.180. The van der Waals surface area contributed by atoms with Gasteiger partial charge in [0.05, 0.1) is 12.9 Å². The summed E-state index contributed by atoms with van der Waals surface area (Å²) in [4.78, 5) is 0. The van der Waals surface area contributed by atoms with Crippen LogP contribution in [0.25, 0.3) is 0 Å². The van der Waals surface area contributed by atoms with Gasteiger partial charge in [-0.25, -0.2) is 17.1 Å². The number of sulfonamides is 1. The first-order chi connectivity index (χ1) is 9.34. The van der Waals surface area contributed by atoms with Crippen LogP contribution in [-0.2, 0) is 10.0 Å². The molecule has 20 heavy (non-hydrogen) atoms. The van der Waals surface area contributed by atoms with E-state index in [0.717, 1.165) is 12.8 Å². The molecule has 1 aliphatic rings. The summed E-state index contributed by atoms with van der Waals surface area (Å²) in [5.41, 5.74) is 0. The molecule has 0 aliphatic carbocycles. The van der Waals surface area contributed by atoms with E-state index < -0.39 is 10.0 Å². The number of piperidine rings is 1. The molecule has 0 saturated carbocycles. The molecule has 4 nitrogen and oxygen atoms in total. The Balaban J connectivity index is 1.93. The van der Waals surface area contributed by atoms with Crippen molar-refractivity contribution < 1.29 is 17.5 Å². The fourth-order valence-corrected chi connectivity index (χ4v) is 3.68. The molecular formula is C13H17BrFNO3S. The van der Waals surface area contributed by atoms with E-state index in [9.17, 15) is 12.8 Å². The molecule has 0 spiro atoms. The van der Waals surface area contributed by atoms with E-state index in [1.165, 1.54) is 22.7 Å². The standard InChI is InChI=1S/C13H17BrFNO3S/c1-20(17,18)16-4-2-3-10(8-16)9-19-13-6-11(14)5-12(15)7-13/h5-7,10H,2-4,8-9H2,1H3. The van der Waals surface area contributed by atoms with Crippen molar-refractivity contribution in [2.45, 2.75) is 12.8 Å². The average Bonchev–Trinajstić information content (AvgIpc) is 2.35. The molecule has 1 atom stereocenters. The molecule has 1 saturated heterocycles. The van der Waals surface area contributed by atoms with Gasteiger partial charge in [0.1, 0.15) is 11.6 Å². The second-order valence-corrected chi connectivity index (χ2v) is 7.94. The van der Waals surface area contributed by atoms with Crippen molar-refractivity contribution in [2.24, 2.45) is 5.92 Å². The monoisotopic (exact) mass is 365 g/mol. The highest BCUT2D eigenvalue weighted by atomic mass is 79.9. The third-order valence-electron chi connectivity index (χ3n) is 3.27.